The summed E-state index contributed by atoms with van der Waals surface area (Å²) in [5.41, 5.74) is 5.17. The molecule has 8 heteroatoms. The molecule has 41 heavy (non-hydrogen) atoms. The van der Waals surface area contributed by atoms with Crippen molar-refractivity contribution in [3.8, 4) is 11.1 Å². The Hall–Kier alpha value is -5.11. The third-order valence-corrected chi connectivity index (χ3v) is 7.10. The number of amides is 2. The van der Waals surface area contributed by atoms with Crippen LogP contribution in [0, 0.1) is 19.7 Å². The van der Waals surface area contributed by atoms with Crippen LogP contribution < -0.4 is 10.6 Å². The lowest BCUT2D eigenvalue weighted by atomic mass is 9.84. The molecule has 5 aromatic rings. The molecule has 0 aliphatic rings. The van der Waals surface area contributed by atoms with E-state index in [2.05, 4.69) is 20.7 Å². The van der Waals surface area contributed by atoms with Gasteiger partial charge < -0.3 is 10.6 Å². The third-order valence-electron chi connectivity index (χ3n) is 7.10. The van der Waals surface area contributed by atoms with Crippen molar-refractivity contribution in [2.24, 2.45) is 7.05 Å². The predicted molar refractivity (Wildman–Crippen MR) is 157 cm³/mol. The molecule has 0 radical (unpaired) electrons. The number of nitrogens with one attached hydrogen (secondary N) is 2. The fraction of sp³-hybridized carbons (Fsp3) is 0.152. The van der Waals surface area contributed by atoms with Crippen molar-refractivity contribution >= 4 is 17.5 Å². The second-order valence-corrected chi connectivity index (χ2v) is 9.92. The first kappa shape index (κ1) is 27.5. The Morgan fingerprint density at radius 1 is 0.854 bits per heavy atom. The van der Waals surface area contributed by atoms with Gasteiger partial charge in [0.1, 0.15) is 17.6 Å². The van der Waals surface area contributed by atoms with Crippen LogP contribution in [0.1, 0.15) is 38.7 Å². The Morgan fingerprint density at radius 3 is 2.00 bits per heavy atom. The van der Waals surface area contributed by atoms with Gasteiger partial charge in [-0.1, -0.05) is 60.7 Å². The number of anilines is 1. The quantitative estimate of drug-likeness (QED) is 0.257. The van der Waals surface area contributed by atoms with E-state index in [0.29, 0.717) is 11.3 Å². The van der Waals surface area contributed by atoms with E-state index in [-0.39, 0.29) is 5.69 Å². The lowest BCUT2D eigenvalue weighted by Gasteiger charge is -2.28. The van der Waals surface area contributed by atoms with E-state index < -0.39 is 29.6 Å². The van der Waals surface area contributed by atoms with Gasteiger partial charge in [0.2, 0.25) is 5.91 Å². The highest BCUT2D eigenvalue weighted by Crippen LogP contribution is 2.32. The fourth-order valence-corrected chi connectivity index (χ4v) is 5.15. The first-order valence-electron chi connectivity index (χ1n) is 13.2. The molecular weight excluding hydrogens is 517 g/mol. The van der Waals surface area contributed by atoms with Gasteiger partial charge in [-0.05, 0) is 65.9 Å². The molecular formula is C33H30FN5O2. The zero-order valence-corrected chi connectivity index (χ0v) is 23.0. The summed E-state index contributed by atoms with van der Waals surface area (Å²) in [6, 6.07) is 24.2. The topological polar surface area (TPSA) is 88.9 Å². The first-order chi connectivity index (χ1) is 19.8. The Kier molecular flexibility index (Phi) is 8.01. The molecule has 2 aromatic heterocycles. The van der Waals surface area contributed by atoms with Crippen LogP contribution in [0.2, 0.25) is 0 Å². The van der Waals surface area contributed by atoms with Gasteiger partial charge in [-0.2, -0.15) is 5.10 Å². The zero-order chi connectivity index (χ0) is 28.9. The van der Waals surface area contributed by atoms with Gasteiger partial charge >= 0.3 is 0 Å². The lowest BCUT2D eigenvalue weighted by Crippen LogP contribution is -2.48. The maximum atomic E-state index is 15.4. The SMILES string of the molecule is Cc1cncc(C)c1-c1ccc(NC(=O)C(NC(=O)c2ccnn2C)C(c2ccccc2)c2ccccc2)cc1F. The van der Waals surface area contributed by atoms with Gasteiger partial charge in [0.15, 0.2) is 0 Å². The van der Waals surface area contributed by atoms with Crippen molar-refractivity contribution < 1.29 is 14.0 Å². The highest BCUT2D eigenvalue weighted by Gasteiger charge is 2.33. The molecule has 0 saturated carbocycles. The van der Waals surface area contributed by atoms with Crippen molar-refractivity contribution in [3.63, 3.8) is 0 Å². The van der Waals surface area contributed by atoms with Gasteiger partial charge in [-0.15, -0.1) is 0 Å². The highest BCUT2D eigenvalue weighted by molar-refractivity contribution is 6.01. The second-order valence-electron chi connectivity index (χ2n) is 9.92. The molecule has 7 nitrogen and oxygen atoms in total. The number of benzene rings is 3. The number of rotatable bonds is 8. The highest BCUT2D eigenvalue weighted by atomic mass is 19.1. The molecule has 0 aliphatic carbocycles. The average molecular weight is 548 g/mol. The predicted octanol–water partition coefficient (Wildman–Crippen LogP) is 5.81. The van der Waals surface area contributed by atoms with E-state index in [4.69, 9.17) is 0 Å². The molecule has 2 amide bonds. The molecule has 1 unspecified atom stereocenters. The Labute approximate surface area is 238 Å². The molecule has 0 fully saturated rings. The third kappa shape index (κ3) is 5.91. The van der Waals surface area contributed by atoms with E-state index in [1.807, 2.05) is 74.5 Å². The Morgan fingerprint density at radius 2 is 1.46 bits per heavy atom. The van der Waals surface area contributed by atoms with E-state index in [1.54, 1.807) is 37.6 Å². The van der Waals surface area contributed by atoms with E-state index in [9.17, 15) is 9.59 Å². The minimum Gasteiger partial charge on any atom is -0.338 e. The smallest absolute Gasteiger partial charge is 0.270 e. The Bertz CT molecular complexity index is 1630. The number of halogens is 1. The monoisotopic (exact) mass is 547 g/mol. The fourth-order valence-electron chi connectivity index (χ4n) is 5.15. The van der Waals surface area contributed by atoms with Gasteiger partial charge in [0.25, 0.3) is 5.91 Å². The van der Waals surface area contributed by atoms with Crippen LogP contribution in [-0.2, 0) is 11.8 Å². The van der Waals surface area contributed by atoms with E-state index in [1.165, 1.54) is 16.9 Å². The number of hydrogen-bond donors (Lipinski definition) is 2. The van der Waals surface area contributed by atoms with Crippen molar-refractivity contribution in [2.75, 3.05) is 5.32 Å². The van der Waals surface area contributed by atoms with E-state index >= 15 is 4.39 Å². The molecule has 5 rings (SSSR count). The van der Waals surface area contributed by atoms with Crippen LogP contribution in [-0.4, -0.2) is 32.6 Å². The summed E-state index contributed by atoms with van der Waals surface area (Å²) in [6.07, 6.45) is 4.91. The summed E-state index contributed by atoms with van der Waals surface area (Å²) in [5, 5.41) is 9.86. The van der Waals surface area contributed by atoms with Crippen LogP contribution in [0.4, 0.5) is 10.1 Å². The number of aromatic nitrogens is 3. The maximum Gasteiger partial charge on any atom is 0.270 e. The second kappa shape index (κ2) is 12.0. The zero-order valence-electron chi connectivity index (χ0n) is 23.0. The Balaban J connectivity index is 1.52. The summed E-state index contributed by atoms with van der Waals surface area (Å²) in [6.45, 7) is 3.76. The molecule has 0 bridgehead atoms. The molecule has 3 aromatic carbocycles. The number of carbonyl (C=O) groups excluding carboxylic acids is 2. The van der Waals surface area contributed by atoms with Crippen LogP contribution in [0.3, 0.4) is 0 Å². The van der Waals surface area contributed by atoms with Crippen molar-refractivity contribution in [2.45, 2.75) is 25.8 Å². The molecule has 2 heterocycles. The molecule has 206 valence electrons. The average Bonchev–Trinajstić information content (AvgIpc) is 3.40. The lowest BCUT2D eigenvalue weighted by molar-refractivity contribution is -0.118. The minimum atomic E-state index is -1.03. The molecule has 0 saturated heterocycles. The normalized spacial score (nSPS) is 11.7. The van der Waals surface area contributed by atoms with Gasteiger partial charge in [0, 0.05) is 42.8 Å². The number of nitrogens with zero attached hydrogens (tertiary/aromatic N) is 3. The van der Waals surface area contributed by atoms with Crippen molar-refractivity contribution in [1.29, 1.82) is 0 Å². The number of pyridine rings is 1. The summed E-state index contributed by atoms with van der Waals surface area (Å²) in [5.74, 6) is -1.94. The summed E-state index contributed by atoms with van der Waals surface area (Å²) in [7, 11) is 1.66. The number of aryl methyl sites for hydroxylation is 3. The molecule has 1 atom stereocenters. The van der Waals surface area contributed by atoms with Crippen LogP contribution in [0.25, 0.3) is 11.1 Å². The summed E-state index contributed by atoms with van der Waals surface area (Å²) >= 11 is 0. The van der Waals surface area contributed by atoms with Crippen LogP contribution >= 0.6 is 0 Å². The van der Waals surface area contributed by atoms with Crippen LogP contribution in [0.15, 0.2) is 104 Å². The maximum absolute atomic E-state index is 15.4. The van der Waals surface area contributed by atoms with Gasteiger partial charge in [0.05, 0.1) is 0 Å². The largest absolute Gasteiger partial charge is 0.338 e. The van der Waals surface area contributed by atoms with Crippen LogP contribution in [0.5, 0.6) is 0 Å². The minimum absolute atomic E-state index is 0.278. The number of hydrogen-bond acceptors (Lipinski definition) is 4. The van der Waals surface area contributed by atoms with Gasteiger partial charge in [-0.25, -0.2) is 4.39 Å². The van der Waals surface area contributed by atoms with Gasteiger partial charge in [-0.3, -0.25) is 19.3 Å². The van der Waals surface area contributed by atoms with Crippen molar-refractivity contribution in [3.05, 3.63) is 137 Å². The summed E-state index contributed by atoms with van der Waals surface area (Å²) in [4.78, 5) is 31.5. The molecule has 0 aliphatic heterocycles. The number of carbonyl (C=O) groups is 2. The van der Waals surface area contributed by atoms with Crippen molar-refractivity contribution in [1.82, 2.24) is 20.1 Å². The molecule has 0 spiro atoms. The standard InChI is InChI=1S/C33H30FN5O2/c1-21-19-35-20-22(2)29(21)26-15-14-25(18-27(26)34)37-33(41)31(38-32(40)28-16-17-36-39(28)3)30(23-10-6-4-7-11-23)24-12-8-5-9-13-24/h4-20,30-31H,1-3H3,(H,37,41)(H,38,40). The molecule has 2 N–H and O–H groups in total. The van der Waals surface area contributed by atoms with E-state index in [0.717, 1.165) is 27.8 Å². The first-order valence-corrected chi connectivity index (χ1v) is 13.2. The summed E-state index contributed by atoms with van der Waals surface area (Å²) < 4.78 is 16.9.